The summed E-state index contributed by atoms with van der Waals surface area (Å²) in [5, 5.41) is 9.22. The summed E-state index contributed by atoms with van der Waals surface area (Å²) >= 11 is 0. The molecule has 5 nitrogen and oxygen atoms in total. The number of rotatable bonds is 4. The van der Waals surface area contributed by atoms with Gasteiger partial charge in [0.25, 0.3) is 5.91 Å². The minimum Gasteiger partial charge on any atom is -0.350 e. The predicted molar refractivity (Wildman–Crippen MR) is 89.1 cm³/mol. The fourth-order valence-electron chi connectivity index (χ4n) is 2.84. The van der Waals surface area contributed by atoms with Gasteiger partial charge in [-0.25, -0.2) is 9.07 Å². The normalized spacial score (nSPS) is 17.0. The molecule has 142 valence electrons. The Morgan fingerprint density at radius 3 is 2.69 bits per heavy atom. The smallest absolute Gasteiger partial charge is 0.350 e. The van der Waals surface area contributed by atoms with E-state index in [1.807, 2.05) is 0 Å². The average Bonchev–Trinajstić information content (AvgIpc) is 3.22. The lowest BCUT2D eigenvalue weighted by atomic mass is 10.2. The number of benzene rings is 1. The molecule has 3 rings (SSSR count). The Morgan fingerprint density at radius 2 is 2.08 bits per heavy atom. The van der Waals surface area contributed by atoms with Crippen LogP contribution in [0, 0.1) is 5.82 Å². The maximum absolute atomic E-state index is 13.9. The zero-order valence-electron chi connectivity index (χ0n) is 13.5. The molecule has 26 heavy (non-hydrogen) atoms. The molecule has 0 saturated carbocycles. The largest absolute Gasteiger partial charge is 0.434 e. The number of hydrogen-bond donors (Lipinski definition) is 2. The molecule has 0 radical (unpaired) electrons. The molecular formula is C16H17ClF4N4O. The monoisotopic (exact) mass is 392 g/mol. The number of carbonyl (C=O) groups is 1. The van der Waals surface area contributed by atoms with Gasteiger partial charge in [-0.05, 0) is 31.5 Å². The van der Waals surface area contributed by atoms with Crippen LogP contribution in [0.1, 0.15) is 28.9 Å². The van der Waals surface area contributed by atoms with Crippen LogP contribution < -0.4 is 10.6 Å². The first kappa shape index (κ1) is 20.2. The molecule has 10 heteroatoms. The molecule has 1 saturated heterocycles. The summed E-state index contributed by atoms with van der Waals surface area (Å²) in [6.45, 7) is 1.04. The van der Waals surface area contributed by atoms with E-state index in [0.717, 1.165) is 31.6 Å². The van der Waals surface area contributed by atoms with Crippen LogP contribution >= 0.6 is 12.4 Å². The van der Waals surface area contributed by atoms with E-state index in [1.54, 1.807) is 0 Å². The van der Waals surface area contributed by atoms with Gasteiger partial charge >= 0.3 is 6.18 Å². The number of nitrogens with zero attached hydrogens (tertiary/aromatic N) is 2. The van der Waals surface area contributed by atoms with Crippen molar-refractivity contribution >= 4 is 18.3 Å². The lowest BCUT2D eigenvalue weighted by Gasteiger charge is -2.14. The maximum Gasteiger partial charge on any atom is 0.434 e. The van der Waals surface area contributed by atoms with E-state index in [1.165, 1.54) is 18.2 Å². The van der Waals surface area contributed by atoms with Crippen LogP contribution in [0.4, 0.5) is 17.6 Å². The summed E-state index contributed by atoms with van der Waals surface area (Å²) in [6, 6.07) is 4.99. The Bertz CT molecular complexity index is 772. The van der Waals surface area contributed by atoms with Crippen molar-refractivity contribution < 1.29 is 22.4 Å². The van der Waals surface area contributed by atoms with Crippen LogP contribution in [0.3, 0.4) is 0 Å². The summed E-state index contributed by atoms with van der Waals surface area (Å²) in [5.41, 5.74) is -2.30. The van der Waals surface area contributed by atoms with Crippen LogP contribution in [0.2, 0.25) is 0 Å². The van der Waals surface area contributed by atoms with Gasteiger partial charge in [-0.3, -0.25) is 4.79 Å². The minimum atomic E-state index is -4.86. The number of amides is 1. The Morgan fingerprint density at radius 1 is 1.35 bits per heavy atom. The fourth-order valence-corrected chi connectivity index (χ4v) is 2.84. The zero-order valence-corrected chi connectivity index (χ0v) is 14.3. The number of alkyl halides is 3. The number of nitrogens with one attached hydrogen (secondary N) is 2. The summed E-state index contributed by atoms with van der Waals surface area (Å²) in [7, 11) is 0. The van der Waals surface area contributed by atoms with Crippen LogP contribution in [-0.2, 0) is 6.18 Å². The number of halogens is 5. The predicted octanol–water partition coefficient (Wildman–Crippen LogP) is 2.93. The summed E-state index contributed by atoms with van der Waals surface area (Å²) in [6.07, 6.45) is -2.25. The molecule has 1 aliphatic rings. The lowest BCUT2D eigenvalue weighted by molar-refractivity contribution is -0.143. The standard InChI is InChI=1S/C16H16F4N4O.ClH/c17-12-5-1-2-6-13(12)24-14(16(18,19)20)11(9-23-24)15(25)22-8-10-4-3-7-21-10;/h1-2,5-6,9-10,21H,3-4,7-8H2,(H,22,25);1H. The zero-order chi connectivity index (χ0) is 18.0. The third kappa shape index (κ3) is 4.16. The molecule has 2 aromatic rings. The summed E-state index contributed by atoms with van der Waals surface area (Å²) in [4.78, 5) is 12.2. The van der Waals surface area contributed by atoms with Crippen molar-refractivity contribution in [2.45, 2.75) is 25.1 Å². The molecule has 0 spiro atoms. The molecule has 1 unspecified atom stereocenters. The molecule has 1 fully saturated rings. The number of hydrogen-bond acceptors (Lipinski definition) is 3. The topological polar surface area (TPSA) is 59.0 Å². The molecule has 0 bridgehead atoms. The van der Waals surface area contributed by atoms with Gasteiger partial charge in [0.15, 0.2) is 5.69 Å². The molecule has 0 aliphatic carbocycles. The highest BCUT2D eigenvalue weighted by Gasteiger charge is 2.41. The van der Waals surface area contributed by atoms with Gasteiger partial charge in [-0.2, -0.15) is 18.3 Å². The Balaban J connectivity index is 0.00000243. The molecule has 1 aliphatic heterocycles. The third-order valence-corrected chi connectivity index (χ3v) is 4.03. The first-order valence-corrected chi connectivity index (χ1v) is 7.79. The highest BCUT2D eigenvalue weighted by atomic mass is 35.5. The van der Waals surface area contributed by atoms with E-state index in [9.17, 15) is 22.4 Å². The third-order valence-electron chi connectivity index (χ3n) is 4.03. The maximum atomic E-state index is 13.9. The number of carbonyl (C=O) groups excluding carboxylic acids is 1. The second-order valence-electron chi connectivity index (χ2n) is 5.77. The van der Waals surface area contributed by atoms with Crippen molar-refractivity contribution in [2.24, 2.45) is 0 Å². The lowest BCUT2D eigenvalue weighted by Crippen LogP contribution is -2.37. The molecular weight excluding hydrogens is 376 g/mol. The van der Waals surface area contributed by atoms with E-state index >= 15 is 0 Å². The molecule has 1 aromatic carbocycles. The molecule has 1 atom stereocenters. The van der Waals surface area contributed by atoms with Gasteiger partial charge < -0.3 is 10.6 Å². The van der Waals surface area contributed by atoms with Gasteiger partial charge in [-0.1, -0.05) is 12.1 Å². The van der Waals surface area contributed by atoms with Crippen molar-refractivity contribution in [3.8, 4) is 5.69 Å². The van der Waals surface area contributed by atoms with Crippen molar-refractivity contribution in [3.05, 3.63) is 47.5 Å². The van der Waals surface area contributed by atoms with E-state index in [2.05, 4.69) is 15.7 Å². The van der Waals surface area contributed by atoms with Crippen LogP contribution in [0.15, 0.2) is 30.5 Å². The van der Waals surface area contributed by atoms with Crippen molar-refractivity contribution in [1.82, 2.24) is 20.4 Å². The molecule has 1 amide bonds. The number of para-hydroxylation sites is 1. The van der Waals surface area contributed by atoms with Gasteiger partial charge in [-0.15, -0.1) is 12.4 Å². The van der Waals surface area contributed by atoms with Crippen LogP contribution in [0.25, 0.3) is 5.69 Å². The van der Waals surface area contributed by atoms with Gasteiger partial charge in [0.05, 0.1) is 11.8 Å². The van der Waals surface area contributed by atoms with Gasteiger partial charge in [0.2, 0.25) is 0 Å². The van der Waals surface area contributed by atoms with E-state index < -0.39 is 29.2 Å². The average molecular weight is 393 g/mol. The highest BCUT2D eigenvalue weighted by molar-refractivity contribution is 5.95. The van der Waals surface area contributed by atoms with Crippen molar-refractivity contribution in [1.29, 1.82) is 0 Å². The Hall–Kier alpha value is -2.13. The second-order valence-corrected chi connectivity index (χ2v) is 5.77. The Kier molecular flexibility index (Phi) is 6.25. The highest BCUT2D eigenvalue weighted by Crippen LogP contribution is 2.34. The SMILES string of the molecule is Cl.O=C(NCC1CCCN1)c1cnn(-c2ccccc2F)c1C(F)(F)F. The van der Waals surface area contributed by atoms with Crippen molar-refractivity contribution in [2.75, 3.05) is 13.1 Å². The first-order valence-electron chi connectivity index (χ1n) is 7.79. The van der Waals surface area contributed by atoms with Gasteiger partial charge in [0, 0.05) is 12.6 Å². The minimum absolute atomic E-state index is 0. The first-order chi connectivity index (χ1) is 11.9. The fraction of sp³-hybridized carbons (Fsp3) is 0.375. The van der Waals surface area contributed by atoms with E-state index in [0.29, 0.717) is 4.68 Å². The van der Waals surface area contributed by atoms with E-state index in [-0.39, 0.29) is 30.7 Å². The van der Waals surface area contributed by atoms with Gasteiger partial charge in [0.1, 0.15) is 11.5 Å². The van der Waals surface area contributed by atoms with Crippen LogP contribution in [0.5, 0.6) is 0 Å². The van der Waals surface area contributed by atoms with Crippen molar-refractivity contribution in [3.63, 3.8) is 0 Å². The second kappa shape index (κ2) is 8.05. The molecule has 1 aromatic heterocycles. The summed E-state index contributed by atoms with van der Waals surface area (Å²) < 4.78 is 54.7. The molecule has 2 heterocycles. The van der Waals surface area contributed by atoms with Crippen LogP contribution in [-0.4, -0.2) is 34.8 Å². The summed E-state index contributed by atoms with van der Waals surface area (Å²) in [5.74, 6) is -1.75. The quantitative estimate of drug-likeness (QED) is 0.787. The van der Waals surface area contributed by atoms with E-state index in [4.69, 9.17) is 0 Å². The number of aromatic nitrogens is 2. The Labute approximate surface area is 153 Å². The molecule has 2 N–H and O–H groups in total.